The molecule has 2 fully saturated rings. The molecule has 2 saturated heterocycles. The van der Waals surface area contributed by atoms with Crippen molar-refractivity contribution < 1.29 is 14.3 Å². The molecule has 20 heavy (non-hydrogen) atoms. The molecule has 3 rings (SSSR count). The van der Waals surface area contributed by atoms with Crippen LogP contribution in [0.25, 0.3) is 0 Å². The summed E-state index contributed by atoms with van der Waals surface area (Å²) in [5, 5.41) is 0. The van der Waals surface area contributed by atoms with Gasteiger partial charge in [-0.1, -0.05) is 0 Å². The minimum Gasteiger partial charge on any atom is -0.350 e. The molecule has 2 aliphatic heterocycles. The summed E-state index contributed by atoms with van der Waals surface area (Å²) in [6.07, 6.45) is 1.87. The van der Waals surface area contributed by atoms with Crippen molar-refractivity contribution in [2.45, 2.75) is 19.1 Å². The Kier molecular flexibility index (Phi) is 4.58. The summed E-state index contributed by atoms with van der Waals surface area (Å²) in [6.45, 7) is 2.98. The fourth-order valence-corrected chi connectivity index (χ4v) is 3.16. The smallest absolute Gasteiger partial charge is 0.253 e. The molecule has 0 atom stereocenters. The molecule has 0 radical (unpaired) electrons. The molecule has 0 N–H and O–H groups in total. The summed E-state index contributed by atoms with van der Waals surface area (Å²) < 4.78 is 12.3. The lowest BCUT2D eigenvalue weighted by Crippen LogP contribution is -2.41. The number of hydrogen-bond donors (Lipinski definition) is 0. The molecular formula is C15H18INO3. The lowest BCUT2D eigenvalue weighted by atomic mass is 9.95. The molecule has 2 aliphatic rings. The van der Waals surface area contributed by atoms with E-state index in [1.54, 1.807) is 0 Å². The Bertz CT molecular complexity index is 463. The van der Waals surface area contributed by atoms with E-state index < -0.39 is 0 Å². The second-order valence-corrected chi connectivity index (χ2v) is 6.49. The average Bonchev–Trinajstić information content (AvgIpc) is 3.02. The van der Waals surface area contributed by atoms with Crippen molar-refractivity contribution >= 4 is 28.5 Å². The molecule has 0 aromatic heterocycles. The number of carbonyl (C=O) groups is 1. The van der Waals surface area contributed by atoms with Gasteiger partial charge in [0.05, 0.1) is 13.2 Å². The van der Waals surface area contributed by atoms with Crippen LogP contribution in [0.1, 0.15) is 23.2 Å². The number of carbonyl (C=O) groups excluding carboxylic acids is 1. The van der Waals surface area contributed by atoms with Crippen molar-refractivity contribution in [1.82, 2.24) is 4.90 Å². The maximum absolute atomic E-state index is 12.4. The van der Waals surface area contributed by atoms with Gasteiger partial charge in [-0.25, -0.2) is 0 Å². The second kappa shape index (κ2) is 6.41. The maximum Gasteiger partial charge on any atom is 0.253 e. The van der Waals surface area contributed by atoms with E-state index in [4.69, 9.17) is 9.47 Å². The van der Waals surface area contributed by atoms with Crippen molar-refractivity contribution in [3.63, 3.8) is 0 Å². The minimum absolute atomic E-state index is 0.0504. The zero-order chi connectivity index (χ0) is 13.9. The van der Waals surface area contributed by atoms with E-state index in [2.05, 4.69) is 22.6 Å². The first kappa shape index (κ1) is 14.3. The average molecular weight is 387 g/mol. The normalized spacial score (nSPS) is 21.4. The Morgan fingerprint density at radius 3 is 2.30 bits per heavy atom. The predicted octanol–water partition coefficient (Wildman–Crippen LogP) is 2.52. The van der Waals surface area contributed by atoms with Crippen molar-refractivity contribution in [3.8, 4) is 0 Å². The number of rotatable bonds is 2. The molecule has 0 bridgehead atoms. The summed E-state index contributed by atoms with van der Waals surface area (Å²) in [7, 11) is 0. The van der Waals surface area contributed by atoms with E-state index in [0.717, 1.165) is 35.1 Å². The van der Waals surface area contributed by atoms with Crippen LogP contribution in [0.15, 0.2) is 24.3 Å². The van der Waals surface area contributed by atoms with Gasteiger partial charge in [-0.05, 0) is 59.7 Å². The third kappa shape index (κ3) is 3.15. The van der Waals surface area contributed by atoms with E-state index in [1.807, 2.05) is 29.2 Å². The van der Waals surface area contributed by atoms with E-state index in [1.165, 1.54) is 0 Å². The zero-order valence-electron chi connectivity index (χ0n) is 11.3. The Hall–Kier alpha value is -0.660. The molecule has 5 heteroatoms. The van der Waals surface area contributed by atoms with E-state index >= 15 is 0 Å². The van der Waals surface area contributed by atoms with Crippen LogP contribution in [0.2, 0.25) is 0 Å². The van der Waals surface area contributed by atoms with Crippen LogP contribution in [0, 0.1) is 9.49 Å². The Morgan fingerprint density at radius 1 is 1.10 bits per heavy atom. The van der Waals surface area contributed by atoms with Gasteiger partial charge in [0.1, 0.15) is 0 Å². The van der Waals surface area contributed by atoms with Gasteiger partial charge in [-0.2, -0.15) is 0 Å². The van der Waals surface area contributed by atoms with Crippen LogP contribution in [0.5, 0.6) is 0 Å². The Morgan fingerprint density at radius 2 is 1.70 bits per heavy atom. The van der Waals surface area contributed by atoms with Crippen LogP contribution in [0.4, 0.5) is 0 Å². The molecule has 1 amide bonds. The minimum atomic E-state index is -0.0504. The lowest BCUT2D eigenvalue weighted by Gasteiger charge is -2.33. The van der Waals surface area contributed by atoms with Gasteiger partial charge in [0.2, 0.25) is 0 Å². The standard InChI is InChI=1S/C15H18INO3/c16-13-3-1-11(2-4-13)14(18)17-7-5-12(6-8-17)15-19-9-10-20-15/h1-4,12,15H,5-10H2. The second-order valence-electron chi connectivity index (χ2n) is 5.25. The summed E-state index contributed by atoms with van der Waals surface area (Å²) in [5.74, 6) is 0.561. The first-order valence-electron chi connectivity index (χ1n) is 7.02. The van der Waals surface area contributed by atoms with Crippen LogP contribution in [-0.4, -0.2) is 43.4 Å². The lowest BCUT2D eigenvalue weighted by molar-refractivity contribution is -0.0956. The highest BCUT2D eigenvalue weighted by molar-refractivity contribution is 14.1. The molecule has 1 aromatic carbocycles. The number of piperidine rings is 1. The van der Waals surface area contributed by atoms with Gasteiger partial charge in [-0.15, -0.1) is 0 Å². The molecule has 0 saturated carbocycles. The predicted molar refractivity (Wildman–Crippen MR) is 83.5 cm³/mol. The molecule has 0 spiro atoms. The topological polar surface area (TPSA) is 38.8 Å². The van der Waals surface area contributed by atoms with Crippen LogP contribution < -0.4 is 0 Å². The number of halogens is 1. The number of ether oxygens (including phenoxy) is 2. The molecule has 1 aromatic rings. The first-order chi connectivity index (χ1) is 9.74. The maximum atomic E-state index is 12.4. The highest BCUT2D eigenvalue weighted by Crippen LogP contribution is 2.26. The molecule has 0 aliphatic carbocycles. The van der Waals surface area contributed by atoms with Gasteiger partial charge in [-0.3, -0.25) is 4.79 Å². The summed E-state index contributed by atoms with van der Waals surface area (Å²) in [6, 6.07) is 7.75. The van der Waals surface area contributed by atoms with Gasteiger partial charge in [0.25, 0.3) is 5.91 Å². The van der Waals surface area contributed by atoms with Crippen LogP contribution in [-0.2, 0) is 9.47 Å². The van der Waals surface area contributed by atoms with Crippen molar-refractivity contribution in [1.29, 1.82) is 0 Å². The number of benzene rings is 1. The summed E-state index contributed by atoms with van der Waals surface area (Å²) >= 11 is 2.25. The van der Waals surface area contributed by atoms with Gasteiger partial charge < -0.3 is 14.4 Å². The molecule has 2 heterocycles. The fourth-order valence-electron chi connectivity index (χ4n) is 2.80. The third-order valence-electron chi connectivity index (χ3n) is 3.95. The summed E-state index contributed by atoms with van der Waals surface area (Å²) in [5.41, 5.74) is 0.775. The van der Waals surface area contributed by atoms with Gasteiger partial charge in [0, 0.05) is 28.1 Å². The molecular weight excluding hydrogens is 369 g/mol. The highest BCUT2D eigenvalue weighted by Gasteiger charge is 2.31. The van der Waals surface area contributed by atoms with E-state index in [-0.39, 0.29) is 12.2 Å². The largest absolute Gasteiger partial charge is 0.350 e. The SMILES string of the molecule is O=C(c1ccc(I)cc1)N1CCC(C2OCCO2)CC1. The highest BCUT2D eigenvalue weighted by atomic mass is 127. The van der Waals surface area contributed by atoms with E-state index in [0.29, 0.717) is 19.1 Å². The molecule has 0 unspecified atom stereocenters. The fraction of sp³-hybridized carbons (Fsp3) is 0.533. The van der Waals surface area contributed by atoms with E-state index in [9.17, 15) is 4.79 Å². The van der Waals surface area contributed by atoms with Gasteiger partial charge in [0.15, 0.2) is 6.29 Å². The van der Waals surface area contributed by atoms with Crippen molar-refractivity contribution in [3.05, 3.63) is 33.4 Å². The molecule has 4 nitrogen and oxygen atoms in total. The molecule has 108 valence electrons. The van der Waals surface area contributed by atoms with Crippen LogP contribution in [0.3, 0.4) is 0 Å². The number of amides is 1. The first-order valence-corrected chi connectivity index (χ1v) is 8.10. The monoisotopic (exact) mass is 387 g/mol. The van der Waals surface area contributed by atoms with Gasteiger partial charge >= 0.3 is 0 Å². The van der Waals surface area contributed by atoms with Crippen molar-refractivity contribution in [2.24, 2.45) is 5.92 Å². The third-order valence-corrected chi connectivity index (χ3v) is 4.67. The number of likely N-dealkylation sites (tertiary alicyclic amines) is 1. The summed E-state index contributed by atoms with van der Waals surface area (Å²) in [4.78, 5) is 14.3. The Labute approximate surface area is 132 Å². The number of nitrogens with zero attached hydrogens (tertiary/aromatic N) is 1. The zero-order valence-corrected chi connectivity index (χ0v) is 13.4. The van der Waals surface area contributed by atoms with Crippen LogP contribution >= 0.6 is 22.6 Å². The quantitative estimate of drug-likeness (QED) is 0.733. The van der Waals surface area contributed by atoms with Crippen molar-refractivity contribution in [2.75, 3.05) is 26.3 Å². The number of hydrogen-bond acceptors (Lipinski definition) is 3. The Balaban J connectivity index is 1.57.